The summed E-state index contributed by atoms with van der Waals surface area (Å²) in [5.74, 6) is -0.0425. The van der Waals surface area contributed by atoms with Gasteiger partial charge in [0.05, 0.1) is 5.69 Å². The van der Waals surface area contributed by atoms with Crippen LogP contribution in [0.1, 0.15) is 12.8 Å². The number of hydrogen-bond donors (Lipinski definition) is 1. The van der Waals surface area contributed by atoms with Crippen molar-refractivity contribution in [2.75, 3.05) is 31.7 Å². The lowest BCUT2D eigenvalue weighted by Gasteiger charge is -2.32. The molecule has 1 amide bonds. The highest BCUT2D eigenvalue weighted by Gasteiger charge is 2.22. The van der Waals surface area contributed by atoms with E-state index in [1.807, 2.05) is 18.3 Å². The number of nitrogens with zero attached hydrogens (tertiary/aromatic N) is 3. The number of methoxy groups -OCH3 is 1. The van der Waals surface area contributed by atoms with Crippen molar-refractivity contribution in [1.82, 2.24) is 15.3 Å². The molecule has 23 heavy (non-hydrogen) atoms. The third kappa shape index (κ3) is 4.05. The summed E-state index contributed by atoms with van der Waals surface area (Å²) >= 11 is 1.65. The lowest BCUT2D eigenvalue weighted by atomic mass is 10.1. The van der Waals surface area contributed by atoms with Crippen LogP contribution in [-0.2, 0) is 9.53 Å². The molecular formula is C16H20N4O2S. The van der Waals surface area contributed by atoms with Crippen molar-refractivity contribution in [2.24, 2.45) is 0 Å². The minimum atomic E-state index is -0.0425. The molecule has 7 heteroatoms. The molecule has 0 aliphatic carbocycles. The molecule has 0 spiro atoms. The first-order valence-electron chi connectivity index (χ1n) is 7.65. The molecule has 1 aliphatic rings. The number of pyridine rings is 1. The van der Waals surface area contributed by atoms with Crippen LogP contribution in [0, 0.1) is 0 Å². The zero-order valence-electron chi connectivity index (χ0n) is 13.1. The number of carbonyl (C=O) groups is 1. The zero-order valence-corrected chi connectivity index (χ0v) is 13.9. The van der Waals surface area contributed by atoms with Crippen LogP contribution < -0.4 is 10.2 Å². The van der Waals surface area contributed by atoms with Crippen molar-refractivity contribution >= 4 is 22.4 Å². The van der Waals surface area contributed by atoms with Gasteiger partial charge < -0.3 is 15.0 Å². The van der Waals surface area contributed by atoms with Gasteiger partial charge in [0.2, 0.25) is 5.91 Å². The number of nitrogens with one attached hydrogen (secondary N) is 1. The number of carbonyl (C=O) groups excluding carboxylic acids is 1. The molecule has 6 nitrogen and oxygen atoms in total. The number of rotatable bonds is 5. The van der Waals surface area contributed by atoms with Crippen LogP contribution >= 0.6 is 11.3 Å². The van der Waals surface area contributed by atoms with Crippen LogP contribution in [0.4, 0.5) is 5.13 Å². The molecule has 0 unspecified atom stereocenters. The topological polar surface area (TPSA) is 67.3 Å². The molecule has 1 aliphatic heterocycles. The Balaban J connectivity index is 1.56. The number of ether oxygens (including phenoxy) is 1. The Bertz CT molecular complexity index is 639. The van der Waals surface area contributed by atoms with Crippen LogP contribution in [-0.4, -0.2) is 48.7 Å². The Morgan fingerprint density at radius 1 is 1.48 bits per heavy atom. The summed E-state index contributed by atoms with van der Waals surface area (Å²) in [5, 5.41) is 6.11. The number of thiazole rings is 1. The van der Waals surface area contributed by atoms with Crippen LogP contribution in [0.15, 0.2) is 29.9 Å². The van der Waals surface area contributed by atoms with Crippen molar-refractivity contribution in [3.8, 4) is 11.3 Å². The van der Waals surface area contributed by atoms with Crippen LogP contribution in [0.2, 0.25) is 0 Å². The largest absolute Gasteiger partial charge is 0.375 e. The molecular weight excluding hydrogens is 312 g/mol. The maximum Gasteiger partial charge on any atom is 0.246 e. The number of anilines is 1. The van der Waals surface area contributed by atoms with E-state index in [1.54, 1.807) is 17.5 Å². The van der Waals surface area contributed by atoms with Gasteiger partial charge in [-0.05, 0) is 25.0 Å². The van der Waals surface area contributed by atoms with Gasteiger partial charge in [0.15, 0.2) is 5.13 Å². The summed E-state index contributed by atoms with van der Waals surface area (Å²) in [6, 6.07) is 4.16. The second-order valence-electron chi connectivity index (χ2n) is 5.52. The van der Waals surface area contributed by atoms with Crippen LogP contribution in [0.25, 0.3) is 11.3 Å². The fourth-order valence-corrected chi connectivity index (χ4v) is 3.56. The maximum atomic E-state index is 11.6. The number of hydrogen-bond acceptors (Lipinski definition) is 6. The predicted octanol–water partition coefficient (Wildman–Crippen LogP) is 1.94. The minimum Gasteiger partial charge on any atom is -0.375 e. The fraction of sp³-hybridized carbons (Fsp3) is 0.438. The molecule has 0 radical (unpaired) electrons. The van der Waals surface area contributed by atoms with Crippen molar-refractivity contribution in [1.29, 1.82) is 0 Å². The molecule has 0 saturated carbocycles. The molecule has 0 atom stereocenters. The quantitative estimate of drug-likeness (QED) is 0.906. The molecule has 2 aromatic rings. The van der Waals surface area contributed by atoms with E-state index in [4.69, 9.17) is 9.72 Å². The summed E-state index contributed by atoms with van der Waals surface area (Å²) < 4.78 is 4.84. The Morgan fingerprint density at radius 3 is 3.00 bits per heavy atom. The molecule has 1 fully saturated rings. The lowest BCUT2D eigenvalue weighted by Crippen LogP contribution is -2.45. The van der Waals surface area contributed by atoms with Gasteiger partial charge in [0.1, 0.15) is 6.61 Å². The van der Waals surface area contributed by atoms with Crippen molar-refractivity contribution in [3.05, 3.63) is 29.9 Å². The first kappa shape index (κ1) is 15.9. The molecule has 1 N–H and O–H groups in total. The average Bonchev–Trinajstić information content (AvgIpc) is 3.07. The summed E-state index contributed by atoms with van der Waals surface area (Å²) in [6.07, 6.45) is 5.45. The monoisotopic (exact) mass is 332 g/mol. The third-order valence-corrected chi connectivity index (χ3v) is 4.76. The van der Waals surface area contributed by atoms with E-state index in [-0.39, 0.29) is 18.6 Å². The summed E-state index contributed by atoms with van der Waals surface area (Å²) in [4.78, 5) is 22.7. The van der Waals surface area contributed by atoms with E-state index in [0.29, 0.717) is 0 Å². The highest BCUT2D eigenvalue weighted by molar-refractivity contribution is 7.14. The van der Waals surface area contributed by atoms with E-state index >= 15 is 0 Å². The van der Waals surface area contributed by atoms with Crippen molar-refractivity contribution < 1.29 is 9.53 Å². The van der Waals surface area contributed by atoms with E-state index in [0.717, 1.165) is 42.3 Å². The second kappa shape index (κ2) is 7.52. The van der Waals surface area contributed by atoms with Gasteiger partial charge in [-0.15, -0.1) is 11.3 Å². The lowest BCUT2D eigenvalue weighted by molar-refractivity contribution is -0.125. The second-order valence-corrected chi connectivity index (χ2v) is 6.36. The van der Waals surface area contributed by atoms with Crippen LogP contribution in [0.5, 0.6) is 0 Å². The molecule has 122 valence electrons. The number of aromatic nitrogens is 2. The van der Waals surface area contributed by atoms with E-state index in [1.165, 1.54) is 7.11 Å². The van der Waals surface area contributed by atoms with Crippen molar-refractivity contribution in [3.63, 3.8) is 0 Å². The normalized spacial score (nSPS) is 15.6. The molecule has 0 bridgehead atoms. The number of piperidine rings is 1. The maximum absolute atomic E-state index is 11.6. The Kier molecular flexibility index (Phi) is 5.19. The van der Waals surface area contributed by atoms with Gasteiger partial charge in [0, 0.05) is 49.6 Å². The fourth-order valence-electron chi connectivity index (χ4n) is 2.67. The van der Waals surface area contributed by atoms with E-state index in [2.05, 4.69) is 20.6 Å². The first-order valence-corrected chi connectivity index (χ1v) is 8.53. The van der Waals surface area contributed by atoms with Gasteiger partial charge in [0.25, 0.3) is 0 Å². The van der Waals surface area contributed by atoms with Gasteiger partial charge in [-0.1, -0.05) is 0 Å². The van der Waals surface area contributed by atoms with Gasteiger partial charge >= 0.3 is 0 Å². The summed E-state index contributed by atoms with van der Waals surface area (Å²) in [5.41, 5.74) is 2.00. The molecule has 3 heterocycles. The Morgan fingerprint density at radius 2 is 2.30 bits per heavy atom. The Labute approximate surface area is 139 Å². The summed E-state index contributed by atoms with van der Waals surface area (Å²) in [7, 11) is 1.53. The standard InChI is InChI=1S/C16H20N4O2S/c1-22-10-15(21)18-13-4-7-20(8-5-13)16-19-14(11-23-16)12-3-2-6-17-9-12/h2-3,6,9,11,13H,4-5,7-8,10H2,1H3,(H,18,21). The van der Waals surface area contributed by atoms with E-state index < -0.39 is 0 Å². The van der Waals surface area contributed by atoms with E-state index in [9.17, 15) is 4.79 Å². The molecule has 0 aromatic carbocycles. The Hall–Kier alpha value is -1.99. The van der Waals surface area contributed by atoms with Crippen molar-refractivity contribution in [2.45, 2.75) is 18.9 Å². The van der Waals surface area contributed by atoms with Gasteiger partial charge in [-0.25, -0.2) is 4.98 Å². The first-order chi connectivity index (χ1) is 11.3. The third-order valence-electron chi connectivity index (χ3n) is 3.86. The minimum absolute atomic E-state index is 0.0425. The highest BCUT2D eigenvalue weighted by Crippen LogP contribution is 2.28. The molecule has 1 saturated heterocycles. The predicted molar refractivity (Wildman–Crippen MR) is 90.6 cm³/mol. The van der Waals surface area contributed by atoms with Crippen LogP contribution in [0.3, 0.4) is 0 Å². The SMILES string of the molecule is COCC(=O)NC1CCN(c2nc(-c3cccnc3)cs2)CC1. The smallest absolute Gasteiger partial charge is 0.246 e. The van der Waals surface area contributed by atoms with Gasteiger partial charge in [-0.2, -0.15) is 0 Å². The molecule has 2 aromatic heterocycles. The van der Waals surface area contributed by atoms with Gasteiger partial charge in [-0.3, -0.25) is 9.78 Å². The molecule has 3 rings (SSSR count). The summed E-state index contributed by atoms with van der Waals surface area (Å²) in [6.45, 7) is 1.93. The average molecular weight is 332 g/mol. The highest BCUT2D eigenvalue weighted by atomic mass is 32.1. The zero-order chi connectivity index (χ0) is 16.1. The number of amides is 1.